The Morgan fingerprint density at radius 1 is 0.971 bits per heavy atom. The molecule has 0 saturated carbocycles. The fourth-order valence-electron chi connectivity index (χ4n) is 4.08. The van der Waals surface area contributed by atoms with E-state index in [0.29, 0.717) is 45.8 Å². The third kappa shape index (κ3) is 4.61. The highest BCUT2D eigenvalue weighted by molar-refractivity contribution is 9.10. The van der Waals surface area contributed by atoms with Crippen LogP contribution in [0.25, 0.3) is 5.57 Å². The predicted octanol–water partition coefficient (Wildman–Crippen LogP) is 5.43. The molecular weight excluding hydrogens is 536 g/mol. The lowest BCUT2D eigenvalue weighted by molar-refractivity contribution is -0.122. The molecule has 0 bridgehead atoms. The number of benzene rings is 2. The summed E-state index contributed by atoms with van der Waals surface area (Å²) in [5.41, 5.74) is 3.05. The summed E-state index contributed by atoms with van der Waals surface area (Å²) in [6, 6.07) is 11.4. The summed E-state index contributed by atoms with van der Waals surface area (Å²) in [6.45, 7) is 3.12. The van der Waals surface area contributed by atoms with Crippen molar-refractivity contribution in [1.82, 2.24) is 4.90 Å². The number of methoxy groups -OCH3 is 2. The van der Waals surface area contributed by atoms with E-state index >= 15 is 0 Å². The Labute approximate surface area is 217 Å². The van der Waals surface area contributed by atoms with Crippen LogP contribution in [0, 0.1) is 0 Å². The molecule has 0 aliphatic carbocycles. The molecule has 2 aliphatic rings. The maximum atomic E-state index is 13.4. The molecule has 0 aromatic heterocycles. The van der Waals surface area contributed by atoms with Crippen molar-refractivity contribution in [3.8, 4) is 11.5 Å². The van der Waals surface area contributed by atoms with Crippen LogP contribution < -0.4 is 14.4 Å². The van der Waals surface area contributed by atoms with E-state index in [4.69, 9.17) is 21.7 Å². The maximum absolute atomic E-state index is 13.4. The second-order valence-electron chi connectivity index (χ2n) is 7.94. The highest BCUT2D eigenvalue weighted by Gasteiger charge is 2.41. The Hall–Kier alpha value is -2.36. The van der Waals surface area contributed by atoms with Gasteiger partial charge in [0.2, 0.25) is 0 Å². The van der Waals surface area contributed by atoms with Gasteiger partial charge in [0.25, 0.3) is 11.8 Å². The summed E-state index contributed by atoms with van der Waals surface area (Å²) in [4.78, 5) is 30.6. The van der Waals surface area contributed by atoms with Crippen molar-refractivity contribution in [2.75, 3.05) is 32.2 Å². The summed E-state index contributed by atoms with van der Waals surface area (Å²) in [7, 11) is 3.18. The summed E-state index contributed by atoms with van der Waals surface area (Å²) >= 11 is 10.3. The van der Waals surface area contributed by atoms with Gasteiger partial charge in [-0.3, -0.25) is 14.5 Å². The third-order valence-electron chi connectivity index (χ3n) is 5.86. The fraction of sp³-hybridized carbons (Fsp3) is 0.320. The van der Waals surface area contributed by atoms with Crippen LogP contribution in [0.1, 0.15) is 30.9 Å². The summed E-state index contributed by atoms with van der Waals surface area (Å²) in [6.07, 6.45) is 2.46. The Morgan fingerprint density at radius 2 is 1.74 bits per heavy atom. The van der Waals surface area contributed by atoms with Crippen LogP contribution >= 0.6 is 39.9 Å². The molecule has 2 aromatic rings. The molecule has 1 fully saturated rings. The van der Waals surface area contributed by atoms with Crippen molar-refractivity contribution < 1.29 is 19.1 Å². The molecule has 2 amide bonds. The minimum atomic E-state index is -0.220. The first-order valence-electron chi connectivity index (χ1n) is 11.0. The summed E-state index contributed by atoms with van der Waals surface area (Å²) in [5.74, 6) is 0.932. The lowest BCUT2D eigenvalue weighted by Gasteiger charge is -2.16. The molecule has 1 saturated heterocycles. The number of amides is 2. The van der Waals surface area contributed by atoms with Crippen molar-refractivity contribution in [2.45, 2.75) is 26.2 Å². The molecule has 0 N–H and O–H groups in total. The second kappa shape index (κ2) is 10.5. The fourth-order valence-corrected chi connectivity index (χ4v) is 5.82. The van der Waals surface area contributed by atoms with Crippen molar-refractivity contribution in [3.63, 3.8) is 0 Å². The largest absolute Gasteiger partial charge is 0.493 e. The van der Waals surface area contributed by atoms with Gasteiger partial charge in [0.05, 0.1) is 30.4 Å². The van der Waals surface area contributed by atoms with Gasteiger partial charge in [-0.25, -0.2) is 0 Å². The highest BCUT2D eigenvalue weighted by atomic mass is 79.9. The summed E-state index contributed by atoms with van der Waals surface area (Å²) < 4.78 is 12.0. The molecular formula is C25H25BrN2O4S2. The first-order valence-corrected chi connectivity index (χ1v) is 13.0. The SMILES string of the molecule is CCCCN1C(=O)C(=C2SC(=S)N(CCc3ccc(OC)c(OC)c3)C2=O)c2cc(Br)ccc21. The number of ether oxygens (including phenoxy) is 2. The normalized spacial score (nSPS) is 17.6. The topological polar surface area (TPSA) is 59.1 Å². The number of carbonyl (C=O) groups excluding carboxylic acids is 2. The maximum Gasteiger partial charge on any atom is 0.267 e. The smallest absolute Gasteiger partial charge is 0.267 e. The van der Waals surface area contributed by atoms with Crippen molar-refractivity contribution in [1.29, 1.82) is 0 Å². The monoisotopic (exact) mass is 560 g/mol. The van der Waals surface area contributed by atoms with Crippen LogP contribution in [0.2, 0.25) is 0 Å². The predicted molar refractivity (Wildman–Crippen MR) is 143 cm³/mol. The number of nitrogens with zero attached hydrogens (tertiary/aromatic N) is 2. The minimum Gasteiger partial charge on any atom is -0.493 e. The molecule has 0 unspecified atom stereocenters. The van der Waals surface area contributed by atoms with Gasteiger partial charge < -0.3 is 14.4 Å². The standard InChI is InChI=1S/C25H25BrN2O4S2/c1-4-5-11-27-18-8-7-16(26)14-17(18)21(23(27)29)22-24(30)28(25(33)34-22)12-10-15-6-9-19(31-2)20(13-15)32-3/h6-9,13-14H,4-5,10-12H2,1-3H3. The number of thiocarbonyl (C=S) groups is 1. The molecule has 2 heterocycles. The van der Waals surface area contributed by atoms with E-state index in [1.807, 2.05) is 36.4 Å². The molecule has 4 rings (SSSR count). The zero-order valence-electron chi connectivity index (χ0n) is 19.2. The number of unbranched alkanes of at least 4 members (excludes halogenated alkanes) is 1. The van der Waals surface area contributed by atoms with Crippen LogP contribution in [0.3, 0.4) is 0 Å². The van der Waals surface area contributed by atoms with Gasteiger partial charge in [0.15, 0.2) is 11.5 Å². The lowest BCUT2D eigenvalue weighted by atomic mass is 10.1. The molecule has 6 nitrogen and oxygen atoms in total. The number of carbonyl (C=O) groups is 2. The van der Waals surface area contributed by atoms with Crippen LogP contribution in [-0.4, -0.2) is 48.3 Å². The number of thioether (sulfide) groups is 1. The van der Waals surface area contributed by atoms with E-state index in [-0.39, 0.29) is 11.8 Å². The van der Waals surface area contributed by atoms with Crippen molar-refractivity contribution >= 4 is 67.3 Å². The van der Waals surface area contributed by atoms with E-state index < -0.39 is 0 Å². The molecule has 2 aliphatic heterocycles. The van der Waals surface area contributed by atoms with Crippen LogP contribution in [0.5, 0.6) is 11.5 Å². The third-order valence-corrected chi connectivity index (χ3v) is 7.80. The van der Waals surface area contributed by atoms with E-state index in [1.54, 1.807) is 24.0 Å². The first-order chi connectivity index (χ1) is 16.4. The van der Waals surface area contributed by atoms with E-state index in [9.17, 15) is 9.59 Å². The highest BCUT2D eigenvalue weighted by Crippen LogP contribution is 2.45. The number of anilines is 1. The van der Waals surface area contributed by atoms with Gasteiger partial charge >= 0.3 is 0 Å². The van der Waals surface area contributed by atoms with Crippen LogP contribution in [-0.2, 0) is 16.0 Å². The Morgan fingerprint density at radius 3 is 2.44 bits per heavy atom. The molecule has 178 valence electrons. The molecule has 34 heavy (non-hydrogen) atoms. The lowest BCUT2D eigenvalue weighted by Crippen LogP contribution is -2.31. The molecule has 0 radical (unpaired) electrons. The van der Waals surface area contributed by atoms with Crippen molar-refractivity contribution in [3.05, 3.63) is 56.9 Å². The van der Waals surface area contributed by atoms with Crippen molar-refractivity contribution in [2.24, 2.45) is 0 Å². The number of halogens is 1. The molecule has 0 spiro atoms. The number of hydrogen-bond donors (Lipinski definition) is 0. The Balaban J connectivity index is 1.61. The zero-order valence-corrected chi connectivity index (χ0v) is 22.4. The average Bonchev–Trinajstić information content (AvgIpc) is 3.26. The van der Waals surface area contributed by atoms with E-state index in [2.05, 4.69) is 22.9 Å². The van der Waals surface area contributed by atoms with Crippen LogP contribution in [0.4, 0.5) is 5.69 Å². The van der Waals surface area contributed by atoms with E-state index in [1.165, 1.54) is 11.8 Å². The Bertz CT molecular complexity index is 1200. The quantitative estimate of drug-likeness (QED) is 0.317. The van der Waals surface area contributed by atoms with Gasteiger partial charge in [-0.2, -0.15) is 0 Å². The second-order valence-corrected chi connectivity index (χ2v) is 10.5. The van der Waals surface area contributed by atoms with Gasteiger partial charge in [-0.1, -0.05) is 59.3 Å². The van der Waals surface area contributed by atoms with Gasteiger partial charge in [0.1, 0.15) is 4.32 Å². The molecule has 0 atom stereocenters. The van der Waals surface area contributed by atoms with Crippen LogP contribution in [0.15, 0.2) is 45.8 Å². The first kappa shape index (κ1) is 24.8. The molecule has 2 aromatic carbocycles. The number of fused-ring (bicyclic) bond motifs is 1. The van der Waals surface area contributed by atoms with E-state index in [0.717, 1.165) is 34.1 Å². The average molecular weight is 562 g/mol. The summed E-state index contributed by atoms with van der Waals surface area (Å²) in [5, 5.41) is 0. The molecule has 9 heteroatoms. The minimum absolute atomic E-state index is 0.137. The number of hydrogen-bond acceptors (Lipinski definition) is 6. The van der Waals surface area contributed by atoms with Gasteiger partial charge in [-0.15, -0.1) is 0 Å². The zero-order chi connectivity index (χ0) is 24.4. The number of rotatable bonds is 8. The Kier molecular flexibility index (Phi) is 7.64. The van der Waals surface area contributed by atoms with Gasteiger partial charge in [0, 0.05) is 23.1 Å². The van der Waals surface area contributed by atoms with Gasteiger partial charge in [-0.05, 0) is 48.7 Å².